The number of fused-ring (bicyclic) bond motifs is 1. The van der Waals surface area contributed by atoms with Crippen molar-refractivity contribution in [2.75, 3.05) is 25.1 Å². The Labute approximate surface area is 103 Å². The molecule has 1 aliphatic heterocycles. The van der Waals surface area contributed by atoms with E-state index in [1.54, 1.807) is 0 Å². The molecule has 0 saturated heterocycles. The van der Waals surface area contributed by atoms with Crippen molar-refractivity contribution in [3.05, 3.63) is 29.3 Å². The maximum Gasteiger partial charge on any atom is 0.0582 e. The molecule has 0 amide bonds. The molecule has 2 N–H and O–H groups in total. The summed E-state index contributed by atoms with van der Waals surface area (Å²) in [4.78, 5) is 2.33. The number of aliphatic hydroxyl groups excluding tert-OH is 1. The Morgan fingerprint density at radius 2 is 2.29 bits per heavy atom. The maximum absolute atomic E-state index is 8.97. The van der Waals surface area contributed by atoms with Crippen LogP contribution in [0.15, 0.2) is 18.2 Å². The number of aliphatic hydroxyl groups is 1. The lowest BCUT2D eigenvalue weighted by Crippen LogP contribution is -2.29. The summed E-state index contributed by atoms with van der Waals surface area (Å²) in [6.07, 6.45) is 2.43. The summed E-state index contributed by atoms with van der Waals surface area (Å²) in [7, 11) is 2.16. The van der Waals surface area contributed by atoms with E-state index in [-0.39, 0.29) is 12.6 Å². The molecule has 1 aliphatic rings. The van der Waals surface area contributed by atoms with Crippen molar-refractivity contribution >= 4 is 5.69 Å². The van der Waals surface area contributed by atoms with E-state index in [0.717, 1.165) is 13.1 Å². The summed E-state index contributed by atoms with van der Waals surface area (Å²) in [5, 5.41) is 12.3. The Morgan fingerprint density at radius 3 is 3.06 bits per heavy atom. The Hall–Kier alpha value is -1.06. The van der Waals surface area contributed by atoms with Gasteiger partial charge in [-0.05, 0) is 37.0 Å². The minimum Gasteiger partial charge on any atom is -0.395 e. The molecular weight excluding hydrogens is 212 g/mol. The number of rotatable bonds is 4. The smallest absolute Gasteiger partial charge is 0.0582 e. The highest BCUT2D eigenvalue weighted by Gasteiger charge is 2.13. The van der Waals surface area contributed by atoms with Crippen LogP contribution in [0.5, 0.6) is 0 Å². The summed E-state index contributed by atoms with van der Waals surface area (Å²) in [6, 6.07) is 6.85. The van der Waals surface area contributed by atoms with Crippen LogP contribution in [0.2, 0.25) is 0 Å². The van der Waals surface area contributed by atoms with Crippen LogP contribution in [0.3, 0.4) is 0 Å². The van der Waals surface area contributed by atoms with Gasteiger partial charge in [0.05, 0.1) is 6.61 Å². The summed E-state index contributed by atoms with van der Waals surface area (Å²) >= 11 is 0. The van der Waals surface area contributed by atoms with Crippen molar-refractivity contribution in [3.8, 4) is 0 Å². The highest BCUT2D eigenvalue weighted by atomic mass is 16.3. The highest BCUT2D eigenvalue weighted by molar-refractivity contribution is 5.56. The first-order chi connectivity index (χ1) is 8.20. The molecule has 0 saturated carbocycles. The molecule has 1 aromatic rings. The third kappa shape index (κ3) is 2.99. The molecule has 0 bridgehead atoms. The number of hydrogen-bond acceptors (Lipinski definition) is 3. The van der Waals surface area contributed by atoms with E-state index in [1.807, 2.05) is 6.92 Å². The molecule has 2 rings (SSSR count). The Balaban J connectivity index is 2.05. The lowest BCUT2D eigenvalue weighted by Gasteiger charge is -2.28. The zero-order valence-corrected chi connectivity index (χ0v) is 10.7. The zero-order valence-electron chi connectivity index (χ0n) is 10.7. The average Bonchev–Trinajstić information content (AvgIpc) is 2.36. The van der Waals surface area contributed by atoms with Crippen molar-refractivity contribution in [1.82, 2.24) is 5.32 Å². The maximum atomic E-state index is 8.97. The average molecular weight is 234 g/mol. The molecule has 3 heteroatoms. The van der Waals surface area contributed by atoms with Crippen LogP contribution in [0, 0.1) is 0 Å². The predicted molar refractivity (Wildman–Crippen MR) is 71.4 cm³/mol. The van der Waals surface area contributed by atoms with E-state index in [0.29, 0.717) is 0 Å². The van der Waals surface area contributed by atoms with Gasteiger partial charge in [0.15, 0.2) is 0 Å². The number of nitrogens with zero attached hydrogens (tertiary/aromatic N) is 1. The van der Waals surface area contributed by atoms with E-state index in [9.17, 15) is 0 Å². The number of benzene rings is 1. The van der Waals surface area contributed by atoms with Crippen molar-refractivity contribution < 1.29 is 5.11 Å². The summed E-state index contributed by atoms with van der Waals surface area (Å²) in [5.41, 5.74) is 4.13. The Kier molecular flexibility index (Phi) is 4.02. The Bertz CT molecular complexity index is 378. The van der Waals surface area contributed by atoms with E-state index in [1.165, 1.54) is 29.7 Å². The van der Waals surface area contributed by atoms with Gasteiger partial charge in [0.2, 0.25) is 0 Å². The minimum absolute atomic E-state index is 0.161. The normalized spacial score (nSPS) is 16.8. The van der Waals surface area contributed by atoms with Crippen molar-refractivity contribution in [2.45, 2.75) is 32.4 Å². The van der Waals surface area contributed by atoms with E-state index >= 15 is 0 Å². The standard InChI is InChI=1S/C14H22N2O/c1-11(10-17)15-9-12-5-6-14-13(8-12)4-3-7-16(14)2/h5-6,8,11,15,17H,3-4,7,9-10H2,1-2H3. The second kappa shape index (κ2) is 5.52. The zero-order chi connectivity index (χ0) is 12.3. The monoisotopic (exact) mass is 234 g/mol. The molecular formula is C14H22N2O. The van der Waals surface area contributed by atoms with Gasteiger partial charge in [0.1, 0.15) is 0 Å². The fourth-order valence-corrected chi connectivity index (χ4v) is 2.31. The molecule has 0 aromatic heterocycles. The second-order valence-electron chi connectivity index (χ2n) is 4.95. The van der Waals surface area contributed by atoms with Gasteiger partial charge < -0.3 is 15.3 Å². The van der Waals surface area contributed by atoms with E-state index in [2.05, 4.69) is 35.5 Å². The van der Waals surface area contributed by atoms with Gasteiger partial charge in [-0.1, -0.05) is 12.1 Å². The van der Waals surface area contributed by atoms with Crippen LogP contribution in [-0.4, -0.2) is 31.3 Å². The molecule has 1 heterocycles. The minimum atomic E-state index is 0.161. The fraction of sp³-hybridized carbons (Fsp3) is 0.571. The van der Waals surface area contributed by atoms with Crippen LogP contribution in [-0.2, 0) is 13.0 Å². The largest absolute Gasteiger partial charge is 0.395 e. The molecule has 3 nitrogen and oxygen atoms in total. The summed E-state index contributed by atoms with van der Waals surface area (Å²) < 4.78 is 0. The third-order valence-electron chi connectivity index (χ3n) is 3.42. The van der Waals surface area contributed by atoms with E-state index in [4.69, 9.17) is 5.11 Å². The van der Waals surface area contributed by atoms with Crippen LogP contribution in [0.1, 0.15) is 24.5 Å². The molecule has 0 spiro atoms. The van der Waals surface area contributed by atoms with Crippen molar-refractivity contribution in [3.63, 3.8) is 0 Å². The van der Waals surface area contributed by atoms with Gasteiger partial charge in [0, 0.05) is 31.9 Å². The molecule has 1 atom stereocenters. The first kappa shape index (κ1) is 12.4. The van der Waals surface area contributed by atoms with Gasteiger partial charge in [0.25, 0.3) is 0 Å². The lowest BCUT2D eigenvalue weighted by atomic mass is 9.99. The highest BCUT2D eigenvalue weighted by Crippen LogP contribution is 2.26. The van der Waals surface area contributed by atoms with Gasteiger partial charge in [-0.15, -0.1) is 0 Å². The topological polar surface area (TPSA) is 35.5 Å². The number of aryl methyl sites for hydroxylation is 1. The fourth-order valence-electron chi connectivity index (χ4n) is 2.31. The second-order valence-corrected chi connectivity index (χ2v) is 4.95. The van der Waals surface area contributed by atoms with Crippen LogP contribution >= 0.6 is 0 Å². The molecule has 1 aromatic carbocycles. The van der Waals surface area contributed by atoms with Gasteiger partial charge in [-0.3, -0.25) is 0 Å². The molecule has 17 heavy (non-hydrogen) atoms. The molecule has 0 radical (unpaired) electrons. The SMILES string of the molecule is CC(CO)NCc1ccc2c(c1)CCCN2C. The number of nitrogens with one attached hydrogen (secondary N) is 1. The van der Waals surface area contributed by atoms with E-state index < -0.39 is 0 Å². The third-order valence-corrected chi connectivity index (χ3v) is 3.42. The quantitative estimate of drug-likeness (QED) is 0.829. The van der Waals surface area contributed by atoms with Crippen LogP contribution in [0.25, 0.3) is 0 Å². The molecule has 0 fully saturated rings. The molecule has 0 aliphatic carbocycles. The summed E-state index contributed by atoms with van der Waals surface area (Å²) in [5.74, 6) is 0. The van der Waals surface area contributed by atoms with Crippen LogP contribution < -0.4 is 10.2 Å². The number of hydrogen-bond donors (Lipinski definition) is 2. The van der Waals surface area contributed by atoms with Crippen molar-refractivity contribution in [2.24, 2.45) is 0 Å². The van der Waals surface area contributed by atoms with Gasteiger partial charge >= 0.3 is 0 Å². The summed E-state index contributed by atoms with van der Waals surface area (Å²) in [6.45, 7) is 4.17. The van der Waals surface area contributed by atoms with Gasteiger partial charge in [-0.2, -0.15) is 0 Å². The molecule has 1 unspecified atom stereocenters. The lowest BCUT2D eigenvalue weighted by molar-refractivity contribution is 0.251. The molecule has 94 valence electrons. The number of anilines is 1. The van der Waals surface area contributed by atoms with Gasteiger partial charge in [-0.25, -0.2) is 0 Å². The first-order valence-corrected chi connectivity index (χ1v) is 6.38. The van der Waals surface area contributed by atoms with Crippen molar-refractivity contribution in [1.29, 1.82) is 0 Å². The van der Waals surface area contributed by atoms with Crippen LogP contribution in [0.4, 0.5) is 5.69 Å². The first-order valence-electron chi connectivity index (χ1n) is 6.38. The Morgan fingerprint density at radius 1 is 1.47 bits per heavy atom. The predicted octanol–water partition coefficient (Wildman–Crippen LogP) is 1.54.